The Hall–Kier alpha value is -2.16. The van der Waals surface area contributed by atoms with E-state index in [-0.39, 0.29) is 6.03 Å². The maximum atomic E-state index is 12.1. The summed E-state index contributed by atoms with van der Waals surface area (Å²) >= 11 is 2.20. The van der Waals surface area contributed by atoms with Gasteiger partial charge in [0.25, 0.3) is 0 Å². The normalized spacial score (nSPS) is 9.91. The molecule has 7 heteroatoms. The van der Waals surface area contributed by atoms with Crippen molar-refractivity contribution in [2.45, 2.75) is 0 Å². The molecule has 2 aromatic carbocycles. The number of anilines is 2. The largest absolute Gasteiger partial charge is 0.493 e. The molecular weight excluding hydrogens is 411 g/mol. The van der Waals surface area contributed by atoms with Gasteiger partial charge in [-0.15, -0.1) is 0 Å². The minimum absolute atomic E-state index is 0.361. The van der Waals surface area contributed by atoms with E-state index in [0.717, 1.165) is 3.57 Å². The van der Waals surface area contributed by atoms with Crippen molar-refractivity contribution in [1.82, 2.24) is 0 Å². The first kappa shape index (κ1) is 17.2. The van der Waals surface area contributed by atoms with Crippen LogP contribution in [0.5, 0.6) is 17.2 Å². The second-order valence-corrected chi connectivity index (χ2v) is 5.75. The third-order valence-corrected chi connectivity index (χ3v) is 3.74. The Balaban J connectivity index is 2.15. The highest BCUT2D eigenvalue weighted by Gasteiger charge is 2.14. The van der Waals surface area contributed by atoms with Crippen LogP contribution in [0.3, 0.4) is 0 Å². The molecule has 0 atom stereocenters. The van der Waals surface area contributed by atoms with Crippen molar-refractivity contribution in [3.8, 4) is 17.2 Å². The number of amides is 2. The van der Waals surface area contributed by atoms with Crippen molar-refractivity contribution in [1.29, 1.82) is 0 Å². The Kier molecular flexibility index (Phi) is 5.91. The van der Waals surface area contributed by atoms with Gasteiger partial charge < -0.3 is 24.8 Å². The van der Waals surface area contributed by atoms with Crippen LogP contribution in [0.25, 0.3) is 0 Å². The van der Waals surface area contributed by atoms with Crippen molar-refractivity contribution in [2.24, 2.45) is 0 Å². The quantitative estimate of drug-likeness (QED) is 0.708. The lowest BCUT2D eigenvalue weighted by Gasteiger charge is -2.15. The summed E-state index contributed by atoms with van der Waals surface area (Å²) in [6.45, 7) is 0. The molecule has 0 unspecified atom stereocenters. The Morgan fingerprint density at radius 1 is 0.870 bits per heavy atom. The van der Waals surface area contributed by atoms with Gasteiger partial charge in [0, 0.05) is 21.4 Å². The van der Waals surface area contributed by atoms with E-state index >= 15 is 0 Å². The van der Waals surface area contributed by atoms with Crippen LogP contribution in [0.15, 0.2) is 36.4 Å². The van der Waals surface area contributed by atoms with E-state index in [1.54, 1.807) is 12.1 Å². The topological polar surface area (TPSA) is 68.8 Å². The number of hydrogen-bond donors (Lipinski definition) is 2. The Morgan fingerprint density at radius 3 is 1.87 bits per heavy atom. The number of carbonyl (C=O) groups excluding carboxylic acids is 1. The molecule has 23 heavy (non-hydrogen) atoms. The highest BCUT2D eigenvalue weighted by Crippen LogP contribution is 2.39. The molecule has 2 rings (SSSR count). The summed E-state index contributed by atoms with van der Waals surface area (Å²) in [5, 5.41) is 5.49. The molecule has 0 saturated carbocycles. The van der Waals surface area contributed by atoms with E-state index in [4.69, 9.17) is 14.2 Å². The van der Waals surface area contributed by atoms with Gasteiger partial charge in [0.1, 0.15) is 0 Å². The first-order valence-corrected chi connectivity index (χ1v) is 7.79. The Morgan fingerprint density at radius 2 is 1.39 bits per heavy atom. The van der Waals surface area contributed by atoms with Crippen LogP contribution in [0.2, 0.25) is 0 Å². The fraction of sp³-hybridized carbons (Fsp3) is 0.188. The number of ether oxygens (including phenoxy) is 3. The summed E-state index contributed by atoms with van der Waals surface area (Å²) < 4.78 is 16.9. The van der Waals surface area contributed by atoms with Gasteiger partial charge in [-0.2, -0.15) is 0 Å². The molecule has 122 valence electrons. The van der Waals surface area contributed by atoms with Gasteiger partial charge in [0.15, 0.2) is 11.5 Å². The van der Waals surface area contributed by atoms with Crippen molar-refractivity contribution in [3.63, 3.8) is 0 Å². The minimum atomic E-state index is -0.361. The molecule has 0 fully saturated rings. The first-order chi connectivity index (χ1) is 11.1. The number of carbonyl (C=O) groups is 1. The molecular formula is C16H17IN2O4. The molecule has 0 spiro atoms. The average molecular weight is 428 g/mol. The Labute approximate surface area is 148 Å². The van der Waals surface area contributed by atoms with Crippen LogP contribution in [0.1, 0.15) is 0 Å². The van der Waals surface area contributed by atoms with Gasteiger partial charge in [-0.05, 0) is 46.9 Å². The number of nitrogens with one attached hydrogen (secondary N) is 2. The van der Waals surface area contributed by atoms with Gasteiger partial charge in [-0.3, -0.25) is 0 Å². The molecule has 0 heterocycles. The highest BCUT2D eigenvalue weighted by molar-refractivity contribution is 14.1. The number of urea groups is 1. The monoisotopic (exact) mass is 428 g/mol. The van der Waals surface area contributed by atoms with Crippen LogP contribution in [-0.2, 0) is 0 Å². The van der Waals surface area contributed by atoms with Gasteiger partial charge in [-0.1, -0.05) is 0 Å². The van der Waals surface area contributed by atoms with Crippen molar-refractivity contribution < 1.29 is 19.0 Å². The van der Waals surface area contributed by atoms with Crippen molar-refractivity contribution in [3.05, 3.63) is 40.0 Å². The van der Waals surface area contributed by atoms with Gasteiger partial charge in [0.2, 0.25) is 5.75 Å². The predicted octanol–water partition coefficient (Wildman–Crippen LogP) is 3.96. The molecule has 0 aliphatic carbocycles. The van der Waals surface area contributed by atoms with Crippen LogP contribution in [-0.4, -0.2) is 27.4 Å². The molecule has 0 saturated heterocycles. The molecule has 2 aromatic rings. The summed E-state index contributed by atoms with van der Waals surface area (Å²) in [4.78, 5) is 12.1. The molecule has 2 amide bonds. The van der Waals surface area contributed by atoms with E-state index < -0.39 is 0 Å². The summed E-state index contributed by atoms with van der Waals surface area (Å²) in [7, 11) is 4.57. The minimum Gasteiger partial charge on any atom is -0.493 e. The smallest absolute Gasteiger partial charge is 0.323 e. The molecule has 0 bridgehead atoms. The van der Waals surface area contributed by atoms with Gasteiger partial charge >= 0.3 is 6.03 Å². The summed E-state index contributed by atoms with van der Waals surface area (Å²) in [6.07, 6.45) is 0. The van der Waals surface area contributed by atoms with E-state index in [1.807, 2.05) is 24.3 Å². The maximum absolute atomic E-state index is 12.1. The lowest BCUT2D eigenvalue weighted by molar-refractivity contribution is 0.262. The number of halogens is 1. The zero-order valence-corrected chi connectivity index (χ0v) is 15.1. The van der Waals surface area contributed by atoms with Gasteiger partial charge in [0.05, 0.1) is 27.0 Å². The van der Waals surface area contributed by atoms with E-state index in [1.165, 1.54) is 21.3 Å². The standard InChI is InChI=1S/C16H17IN2O4/c1-21-13-8-12(9-14(22-2)15(13)23-3)19-16(20)18-11-6-4-10(17)5-7-11/h4-9H,1-3H3,(H2,18,19,20). The lowest BCUT2D eigenvalue weighted by atomic mass is 10.2. The van der Waals surface area contributed by atoms with Gasteiger partial charge in [-0.25, -0.2) is 4.79 Å². The fourth-order valence-electron chi connectivity index (χ4n) is 1.98. The summed E-state index contributed by atoms with van der Waals surface area (Å²) in [6, 6.07) is 10.4. The van der Waals surface area contributed by atoms with E-state index in [2.05, 4.69) is 33.2 Å². The third-order valence-electron chi connectivity index (χ3n) is 3.02. The van der Waals surface area contributed by atoms with Crippen LogP contribution >= 0.6 is 22.6 Å². The second kappa shape index (κ2) is 7.91. The summed E-state index contributed by atoms with van der Waals surface area (Å²) in [5.41, 5.74) is 1.23. The zero-order chi connectivity index (χ0) is 16.8. The SMILES string of the molecule is COc1cc(NC(=O)Nc2ccc(I)cc2)cc(OC)c1OC. The van der Waals surface area contributed by atoms with E-state index in [0.29, 0.717) is 28.6 Å². The fourth-order valence-corrected chi connectivity index (χ4v) is 2.34. The number of methoxy groups -OCH3 is 3. The predicted molar refractivity (Wildman–Crippen MR) is 97.9 cm³/mol. The average Bonchev–Trinajstić information content (AvgIpc) is 2.55. The first-order valence-electron chi connectivity index (χ1n) is 6.71. The lowest BCUT2D eigenvalue weighted by Crippen LogP contribution is -2.19. The van der Waals surface area contributed by atoms with Crippen LogP contribution < -0.4 is 24.8 Å². The molecule has 6 nitrogen and oxygen atoms in total. The molecule has 0 aromatic heterocycles. The number of benzene rings is 2. The van der Waals surface area contributed by atoms with Crippen LogP contribution in [0, 0.1) is 3.57 Å². The summed E-state index contributed by atoms with van der Waals surface area (Å²) in [5.74, 6) is 1.41. The molecule has 0 aliphatic rings. The zero-order valence-electron chi connectivity index (χ0n) is 13.0. The maximum Gasteiger partial charge on any atom is 0.323 e. The van der Waals surface area contributed by atoms with E-state index in [9.17, 15) is 4.79 Å². The second-order valence-electron chi connectivity index (χ2n) is 4.50. The van der Waals surface area contributed by atoms with Crippen LogP contribution in [0.4, 0.5) is 16.2 Å². The molecule has 0 aliphatic heterocycles. The van der Waals surface area contributed by atoms with Crippen molar-refractivity contribution >= 4 is 40.0 Å². The number of rotatable bonds is 5. The Bertz CT molecular complexity index is 664. The number of hydrogen-bond acceptors (Lipinski definition) is 4. The molecule has 0 radical (unpaired) electrons. The third kappa shape index (κ3) is 4.41. The highest BCUT2D eigenvalue weighted by atomic mass is 127. The van der Waals surface area contributed by atoms with Crippen molar-refractivity contribution in [2.75, 3.05) is 32.0 Å². The molecule has 2 N–H and O–H groups in total.